The lowest BCUT2D eigenvalue weighted by molar-refractivity contribution is 0.0136. The molecule has 3 nitrogen and oxygen atoms in total. The molecule has 2 atom stereocenters. The number of hydrogen-bond acceptors (Lipinski definition) is 4. The van der Waals surface area contributed by atoms with Crippen molar-refractivity contribution in [3.8, 4) is 5.75 Å². The number of rotatable bonds is 7. The molecule has 1 heterocycles. The van der Waals surface area contributed by atoms with Crippen LogP contribution in [-0.4, -0.2) is 48.1 Å². The van der Waals surface area contributed by atoms with Crippen LogP contribution in [0.25, 0.3) is 0 Å². The van der Waals surface area contributed by atoms with Crippen molar-refractivity contribution in [2.45, 2.75) is 23.8 Å². The molecule has 5 heteroatoms. The predicted octanol–water partition coefficient (Wildman–Crippen LogP) is 4.37. The van der Waals surface area contributed by atoms with E-state index in [0.29, 0.717) is 13.2 Å². The van der Waals surface area contributed by atoms with Crippen molar-refractivity contribution >= 4 is 23.4 Å². The summed E-state index contributed by atoms with van der Waals surface area (Å²) in [4.78, 5) is 3.53. The van der Waals surface area contributed by atoms with Gasteiger partial charge >= 0.3 is 0 Å². The maximum atomic E-state index is 10.8. The van der Waals surface area contributed by atoms with Crippen LogP contribution in [0.15, 0.2) is 53.4 Å². The molecule has 3 rings (SSSR count). The second-order valence-electron chi connectivity index (χ2n) is 7.16. The van der Waals surface area contributed by atoms with Gasteiger partial charge in [0.05, 0.1) is 12.2 Å². The molecule has 1 aliphatic heterocycles. The second-order valence-corrected chi connectivity index (χ2v) is 8.47. The quantitative estimate of drug-likeness (QED) is 0.710. The van der Waals surface area contributed by atoms with Crippen molar-refractivity contribution in [2.24, 2.45) is 5.92 Å². The second kappa shape index (κ2) is 8.66. The lowest BCUT2D eigenvalue weighted by Crippen LogP contribution is -2.37. The van der Waals surface area contributed by atoms with E-state index in [2.05, 4.69) is 29.4 Å². The van der Waals surface area contributed by atoms with Gasteiger partial charge in [-0.3, -0.25) is 4.90 Å². The molecule has 2 unspecified atom stereocenters. The lowest BCUT2D eigenvalue weighted by Gasteiger charge is -2.24. The van der Waals surface area contributed by atoms with E-state index in [-0.39, 0.29) is 5.92 Å². The Labute approximate surface area is 165 Å². The zero-order chi connectivity index (χ0) is 18.6. The van der Waals surface area contributed by atoms with E-state index in [1.54, 1.807) is 11.8 Å². The molecule has 1 aliphatic rings. The number of β-amino-alcohol motifs (C(OH)–C–C–N with tert-alkyl or cyclic N) is 1. The Balaban J connectivity index is 1.51. The van der Waals surface area contributed by atoms with Crippen LogP contribution in [0.5, 0.6) is 5.75 Å². The van der Waals surface area contributed by atoms with Crippen molar-refractivity contribution in [1.29, 1.82) is 0 Å². The van der Waals surface area contributed by atoms with Crippen molar-refractivity contribution in [3.63, 3.8) is 0 Å². The summed E-state index contributed by atoms with van der Waals surface area (Å²) in [5.74, 6) is 0.957. The van der Waals surface area contributed by atoms with E-state index < -0.39 is 5.60 Å². The highest BCUT2D eigenvalue weighted by Gasteiger charge is 2.41. The Morgan fingerprint density at radius 1 is 1.27 bits per heavy atom. The summed E-state index contributed by atoms with van der Waals surface area (Å²) in [5.41, 5.74) is 0.499. The Morgan fingerprint density at radius 3 is 2.73 bits per heavy atom. The molecular formula is C21H26ClNO2S. The van der Waals surface area contributed by atoms with E-state index >= 15 is 0 Å². The van der Waals surface area contributed by atoms with Crippen molar-refractivity contribution < 1.29 is 9.84 Å². The minimum atomic E-state index is -0.729. The van der Waals surface area contributed by atoms with Crippen LogP contribution in [0.2, 0.25) is 5.02 Å². The number of likely N-dealkylation sites (tertiary alicyclic amines) is 1. The van der Waals surface area contributed by atoms with Gasteiger partial charge in [-0.15, -0.1) is 11.8 Å². The Kier molecular flexibility index (Phi) is 6.51. The summed E-state index contributed by atoms with van der Waals surface area (Å²) >= 11 is 7.77. The van der Waals surface area contributed by atoms with Crippen LogP contribution in [0.3, 0.4) is 0 Å². The van der Waals surface area contributed by atoms with Gasteiger partial charge in [-0.05, 0) is 61.6 Å². The zero-order valence-corrected chi connectivity index (χ0v) is 16.9. The highest BCUT2D eigenvalue weighted by molar-refractivity contribution is 7.98. The van der Waals surface area contributed by atoms with Gasteiger partial charge in [0.1, 0.15) is 5.75 Å². The molecule has 0 aliphatic carbocycles. The van der Waals surface area contributed by atoms with Gasteiger partial charge in [-0.1, -0.05) is 23.7 Å². The number of benzene rings is 2. The van der Waals surface area contributed by atoms with E-state index in [1.165, 1.54) is 10.5 Å². The van der Waals surface area contributed by atoms with Crippen LogP contribution in [0.1, 0.15) is 12.5 Å². The molecule has 2 aromatic carbocycles. The van der Waals surface area contributed by atoms with Gasteiger partial charge in [0.15, 0.2) is 0 Å². The van der Waals surface area contributed by atoms with Gasteiger partial charge in [-0.25, -0.2) is 0 Å². The maximum absolute atomic E-state index is 10.8. The van der Waals surface area contributed by atoms with Crippen LogP contribution < -0.4 is 4.74 Å². The third-order valence-electron chi connectivity index (χ3n) is 5.02. The first-order valence-corrected chi connectivity index (χ1v) is 10.5. The summed E-state index contributed by atoms with van der Waals surface area (Å²) in [6.45, 7) is 4.87. The number of ether oxygens (including phenoxy) is 1. The smallest absolute Gasteiger partial charge is 0.119 e. The number of hydrogen-bond donors (Lipinski definition) is 1. The monoisotopic (exact) mass is 391 g/mol. The molecule has 0 saturated carbocycles. The first kappa shape index (κ1) is 19.6. The normalized spacial score (nSPS) is 23.3. The fourth-order valence-electron chi connectivity index (χ4n) is 3.41. The van der Waals surface area contributed by atoms with Gasteiger partial charge in [0, 0.05) is 35.5 Å². The highest BCUT2D eigenvalue weighted by atomic mass is 35.5. The first-order chi connectivity index (χ1) is 12.5. The Hall–Kier alpha value is -1.20. The van der Waals surface area contributed by atoms with Crippen LogP contribution in [0, 0.1) is 5.92 Å². The number of halogens is 1. The van der Waals surface area contributed by atoms with Crippen molar-refractivity contribution in [3.05, 3.63) is 59.1 Å². The number of thioether (sulfide) groups is 1. The summed E-state index contributed by atoms with van der Waals surface area (Å²) in [6, 6.07) is 16.1. The van der Waals surface area contributed by atoms with Gasteiger partial charge in [-0.2, -0.15) is 0 Å². The number of aliphatic hydroxyl groups is 1. The fourth-order valence-corrected chi connectivity index (χ4v) is 4.03. The van der Waals surface area contributed by atoms with Gasteiger partial charge in [0.25, 0.3) is 0 Å². The van der Waals surface area contributed by atoms with Crippen LogP contribution >= 0.6 is 23.4 Å². The fraction of sp³-hybridized carbons (Fsp3) is 0.429. The van der Waals surface area contributed by atoms with Crippen molar-refractivity contribution in [1.82, 2.24) is 4.90 Å². The molecule has 140 valence electrons. The average Bonchev–Trinajstić information content (AvgIpc) is 2.92. The van der Waals surface area contributed by atoms with Crippen LogP contribution in [-0.2, 0) is 6.42 Å². The minimum Gasteiger partial charge on any atom is -0.493 e. The summed E-state index contributed by atoms with van der Waals surface area (Å²) in [5, 5.41) is 11.6. The maximum Gasteiger partial charge on any atom is 0.119 e. The van der Waals surface area contributed by atoms with E-state index in [4.69, 9.17) is 16.3 Å². The molecule has 1 saturated heterocycles. The summed E-state index contributed by atoms with van der Waals surface area (Å²) in [6.07, 6.45) is 2.99. The zero-order valence-electron chi connectivity index (χ0n) is 15.3. The molecule has 0 radical (unpaired) electrons. The van der Waals surface area contributed by atoms with Crippen molar-refractivity contribution in [2.75, 3.05) is 32.5 Å². The standard InChI is InChI=1S/C21H26ClNO2S/c1-21(24)15-23(11-10-16-4-3-5-18(22)12-16)13-17(21)14-25-19-6-8-20(26-2)9-7-19/h3-9,12,17,24H,10-11,13-15H2,1-2H3. The van der Waals surface area contributed by atoms with Crippen LogP contribution in [0.4, 0.5) is 0 Å². The SMILES string of the molecule is CSc1ccc(OCC2CN(CCc3cccc(Cl)c3)CC2(C)O)cc1. The van der Waals surface area contributed by atoms with E-state index in [0.717, 1.165) is 30.3 Å². The lowest BCUT2D eigenvalue weighted by atomic mass is 9.94. The highest BCUT2D eigenvalue weighted by Crippen LogP contribution is 2.29. The summed E-state index contributed by atoms with van der Waals surface area (Å²) < 4.78 is 5.94. The first-order valence-electron chi connectivity index (χ1n) is 8.92. The van der Waals surface area contributed by atoms with E-state index in [9.17, 15) is 5.11 Å². The topological polar surface area (TPSA) is 32.7 Å². The number of nitrogens with zero attached hydrogens (tertiary/aromatic N) is 1. The summed E-state index contributed by atoms with van der Waals surface area (Å²) in [7, 11) is 0. The largest absolute Gasteiger partial charge is 0.493 e. The third-order valence-corrected chi connectivity index (χ3v) is 6.00. The molecule has 0 amide bonds. The molecule has 26 heavy (non-hydrogen) atoms. The molecule has 1 N–H and O–H groups in total. The average molecular weight is 392 g/mol. The molecule has 0 aromatic heterocycles. The Morgan fingerprint density at radius 2 is 2.04 bits per heavy atom. The van der Waals surface area contributed by atoms with E-state index in [1.807, 2.05) is 37.3 Å². The molecule has 1 fully saturated rings. The third kappa shape index (κ3) is 5.17. The molecule has 0 bridgehead atoms. The minimum absolute atomic E-state index is 0.0992. The molecule has 0 spiro atoms. The molecular weight excluding hydrogens is 366 g/mol. The molecule has 2 aromatic rings. The Bertz CT molecular complexity index is 720. The predicted molar refractivity (Wildman–Crippen MR) is 109 cm³/mol. The van der Waals surface area contributed by atoms with Gasteiger partial charge in [0.2, 0.25) is 0 Å². The van der Waals surface area contributed by atoms with Gasteiger partial charge < -0.3 is 9.84 Å².